The molecule has 0 amide bonds. The quantitative estimate of drug-likeness (QED) is 0.624. The molecule has 0 N–H and O–H groups in total. The van der Waals surface area contributed by atoms with Gasteiger partial charge in [-0.25, -0.2) is 18.6 Å². The van der Waals surface area contributed by atoms with Crippen molar-refractivity contribution >= 4 is 5.97 Å². The maximum atomic E-state index is 13.8. The Bertz CT molecular complexity index is 707. The SMILES string of the molecule is COC(=O)c1ccc(C(F)(F)F)c(-c2c(F)cccc2F)n1. The standard InChI is InChI=1S/C14H8F5NO2/c1-22-13(21)10-6-5-7(14(17,18)19)12(20-10)11-8(15)3-2-4-9(11)16/h2-6H,1H3. The fourth-order valence-electron chi connectivity index (χ4n) is 1.82. The molecule has 0 saturated carbocycles. The van der Waals surface area contributed by atoms with Crippen molar-refractivity contribution in [2.75, 3.05) is 7.11 Å². The first kappa shape index (κ1) is 15.9. The minimum absolute atomic E-state index is 0.492. The van der Waals surface area contributed by atoms with Gasteiger partial charge in [0.25, 0.3) is 0 Å². The van der Waals surface area contributed by atoms with Crippen LogP contribution in [-0.4, -0.2) is 18.1 Å². The van der Waals surface area contributed by atoms with Gasteiger partial charge in [-0.15, -0.1) is 0 Å². The van der Waals surface area contributed by atoms with Crippen LogP contribution in [-0.2, 0) is 10.9 Å². The van der Waals surface area contributed by atoms with E-state index in [-0.39, 0.29) is 0 Å². The van der Waals surface area contributed by atoms with Gasteiger partial charge in [0.15, 0.2) is 0 Å². The highest BCUT2D eigenvalue weighted by molar-refractivity contribution is 5.88. The highest BCUT2D eigenvalue weighted by Gasteiger charge is 2.36. The van der Waals surface area contributed by atoms with Crippen LogP contribution in [0.5, 0.6) is 0 Å². The van der Waals surface area contributed by atoms with Crippen molar-refractivity contribution in [3.8, 4) is 11.3 Å². The van der Waals surface area contributed by atoms with Crippen molar-refractivity contribution in [3.05, 3.63) is 53.2 Å². The molecule has 1 aromatic carbocycles. The average molecular weight is 317 g/mol. The Kier molecular flexibility index (Phi) is 4.11. The summed E-state index contributed by atoms with van der Waals surface area (Å²) in [6.07, 6.45) is -4.90. The third-order valence-corrected chi connectivity index (χ3v) is 2.79. The number of pyridine rings is 1. The van der Waals surface area contributed by atoms with Crippen molar-refractivity contribution in [1.29, 1.82) is 0 Å². The fraction of sp³-hybridized carbons (Fsp3) is 0.143. The lowest BCUT2D eigenvalue weighted by Gasteiger charge is -2.14. The molecule has 2 rings (SSSR count). The topological polar surface area (TPSA) is 39.2 Å². The van der Waals surface area contributed by atoms with E-state index in [1.807, 2.05) is 0 Å². The minimum Gasteiger partial charge on any atom is -0.464 e. The highest BCUT2D eigenvalue weighted by Crippen LogP contribution is 2.37. The van der Waals surface area contributed by atoms with Gasteiger partial charge in [-0.05, 0) is 24.3 Å². The summed E-state index contributed by atoms with van der Waals surface area (Å²) in [5.41, 5.74) is -3.82. The molecule has 0 aliphatic carbocycles. The van der Waals surface area contributed by atoms with Gasteiger partial charge in [0.2, 0.25) is 0 Å². The van der Waals surface area contributed by atoms with E-state index in [2.05, 4.69) is 9.72 Å². The number of ether oxygens (including phenoxy) is 1. The number of halogens is 5. The van der Waals surface area contributed by atoms with Crippen LogP contribution < -0.4 is 0 Å². The monoisotopic (exact) mass is 317 g/mol. The summed E-state index contributed by atoms with van der Waals surface area (Å²) < 4.78 is 70.9. The summed E-state index contributed by atoms with van der Waals surface area (Å²) in [5.74, 6) is -3.47. The smallest absolute Gasteiger partial charge is 0.418 e. The van der Waals surface area contributed by atoms with E-state index in [4.69, 9.17) is 0 Å². The molecule has 8 heteroatoms. The number of rotatable bonds is 2. The lowest BCUT2D eigenvalue weighted by molar-refractivity contribution is -0.137. The summed E-state index contributed by atoms with van der Waals surface area (Å²) in [5, 5.41) is 0. The van der Waals surface area contributed by atoms with Crippen molar-refractivity contribution in [1.82, 2.24) is 4.98 Å². The lowest BCUT2D eigenvalue weighted by Crippen LogP contribution is -2.13. The highest BCUT2D eigenvalue weighted by atomic mass is 19.4. The normalized spacial score (nSPS) is 11.4. The first-order valence-electron chi connectivity index (χ1n) is 5.86. The molecular weight excluding hydrogens is 309 g/mol. The number of hydrogen-bond acceptors (Lipinski definition) is 3. The Balaban J connectivity index is 2.78. The molecule has 22 heavy (non-hydrogen) atoms. The Hall–Kier alpha value is -2.51. The van der Waals surface area contributed by atoms with Crippen LogP contribution in [0, 0.1) is 11.6 Å². The zero-order valence-corrected chi connectivity index (χ0v) is 11.0. The van der Waals surface area contributed by atoms with Crippen molar-refractivity contribution in [3.63, 3.8) is 0 Å². The summed E-state index contributed by atoms with van der Waals surface area (Å²) in [7, 11) is 1.01. The summed E-state index contributed by atoms with van der Waals surface area (Å²) in [4.78, 5) is 14.8. The molecule has 0 aliphatic heterocycles. The third kappa shape index (κ3) is 2.90. The first-order valence-corrected chi connectivity index (χ1v) is 5.86. The van der Waals surface area contributed by atoms with Gasteiger partial charge >= 0.3 is 12.1 Å². The van der Waals surface area contributed by atoms with Gasteiger partial charge in [0.1, 0.15) is 17.3 Å². The van der Waals surface area contributed by atoms with E-state index in [0.29, 0.717) is 6.07 Å². The molecule has 0 spiro atoms. The molecule has 2 aromatic rings. The maximum absolute atomic E-state index is 13.8. The second-order valence-corrected chi connectivity index (χ2v) is 4.18. The van der Waals surface area contributed by atoms with Crippen LogP contribution in [0.3, 0.4) is 0 Å². The molecule has 0 saturated heterocycles. The van der Waals surface area contributed by atoms with Crippen LogP contribution in [0.25, 0.3) is 11.3 Å². The lowest BCUT2D eigenvalue weighted by atomic mass is 10.0. The van der Waals surface area contributed by atoms with Crippen LogP contribution in [0.4, 0.5) is 22.0 Å². The zero-order valence-electron chi connectivity index (χ0n) is 11.0. The molecule has 0 unspecified atom stereocenters. The first-order chi connectivity index (χ1) is 10.3. The minimum atomic E-state index is -4.90. The van der Waals surface area contributed by atoms with Gasteiger partial charge in [0.05, 0.1) is 23.9 Å². The fourth-order valence-corrected chi connectivity index (χ4v) is 1.82. The number of methoxy groups -OCH3 is 1. The van der Waals surface area contributed by atoms with E-state index < -0.39 is 46.3 Å². The second kappa shape index (κ2) is 5.70. The number of esters is 1. The predicted molar refractivity (Wildman–Crippen MR) is 65.9 cm³/mol. The molecule has 1 aromatic heterocycles. The van der Waals surface area contributed by atoms with Gasteiger partial charge in [-0.3, -0.25) is 0 Å². The van der Waals surface area contributed by atoms with Gasteiger partial charge < -0.3 is 4.74 Å². The van der Waals surface area contributed by atoms with E-state index in [1.165, 1.54) is 0 Å². The van der Waals surface area contributed by atoms with Crippen LogP contribution in [0.2, 0.25) is 0 Å². The maximum Gasteiger partial charge on any atom is 0.418 e. The number of benzene rings is 1. The van der Waals surface area contributed by atoms with E-state index >= 15 is 0 Å². The average Bonchev–Trinajstić information content (AvgIpc) is 2.45. The van der Waals surface area contributed by atoms with Crippen LogP contribution in [0.1, 0.15) is 16.1 Å². The summed E-state index contributed by atoms with van der Waals surface area (Å²) in [6.45, 7) is 0. The Morgan fingerprint density at radius 1 is 1.09 bits per heavy atom. The second-order valence-electron chi connectivity index (χ2n) is 4.18. The molecule has 3 nitrogen and oxygen atoms in total. The largest absolute Gasteiger partial charge is 0.464 e. The molecular formula is C14H8F5NO2. The molecule has 0 radical (unpaired) electrons. The number of alkyl halides is 3. The van der Waals surface area contributed by atoms with Gasteiger partial charge in [-0.2, -0.15) is 13.2 Å². The number of aromatic nitrogens is 1. The van der Waals surface area contributed by atoms with Gasteiger partial charge in [0, 0.05) is 0 Å². The summed E-state index contributed by atoms with van der Waals surface area (Å²) >= 11 is 0. The molecule has 1 heterocycles. The predicted octanol–water partition coefficient (Wildman–Crippen LogP) is 3.83. The number of hydrogen-bond donors (Lipinski definition) is 0. The summed E-state index contributed by atoms with van der Waals surface area (Å²) in [6, 6.07) is 3.90. The van der Waals surface area contributed by atoms with Crippen LogP contribution in [0.15, 0.2) is 30.3 Å². The Labute approximate surface area is 121 Å². The van der Waals surface area contributed by atoms with Crippen molar-refractivity contribution in [2.45, 2.75) is 6.18 Å². The van der Waals surface area contributed by atoms with Gasteiger partial charge in [-0.1, -0.05) is 6.07 Å². The van der Waals surface area contributed by atoms with Crippen LogP contribution >= 0.6 is 0 Å². The number of nitrogens with zero attached hydrogens (tertiary/aromatic N) is 1. The van der Waals surface area contributed by atoms with E-state index in [1.54, 1.807) is 0 Å². The Morgan fingerprint density at radius 3 is 2.18 bits per heavy atom. The third-order valence-electron chi connectivity index (χ3n) is 2.79. The molecule has 0 fully saturated rings. The van der Waals surface area contributed by atoms with Crippen molar-refractivity contribution in [2.24, 2.45) is 0 Å². The Morgan fingerprint density at radius 2 is 1.68 bits per heavy atom. The zero-order chi connectivity index (χ0) is 16.5. The molecule has 0 atom stereocenters. The molecule has 116 valence electrons. The van der Waals surface area contributed by atoms with Crippen molar-refractivity contribution < 1.29 is 31.5 Å². The van der Waals surface area contributed by atoms with E-state index in [0.717, 1.165) is 31.4 Å². The molecule has 0 aliphatic rings. The number of carbonyl (C=O) groups is 1. The van der Waals surface area contributed by atoms with E-state index in [9.17, 15) is 26.7 Å². The molecule has 0 bridgehead atoms. The number of carbonyl (C=O) groups excluding carboxylic acids is 1.